The van der Waals surface area contributed by atoms with Crippen molar-refractivity contribution in [3.8, 4) is 11.1 Å². The van der Waals surface area contributed by atoms with Gasteiger partial charge >= 0.3 is 0 Å². The van der Waals surface area contributed by atoms with E-state index in [0.29, 0.717) is 0 Å². The summed E-state index contributed by atoms with van der Waals surface area (Å²) in [5.41, 5.74) is 9.46. The molecule has 0 saturated heterocycles. The van der Waals surface area contributed by atoms with Gasteiger partial charge in [-0.3, -0.25) is 0 Å². The number of rotatable bonds is 6. The van der Waals surface area contributed by atoms with E-state index < -0.39 is 0 Å². The number of hydrogen-bond donors (Lipinski definition) is 0. The van der Waals surface area contributed by atoms with E-state index in [2.05, 4.69) is 169 Å². The molecule has 0 saturated carbocycles. The summed E-state index contributed by atoms with van der Waals surface area (Å²) in [7, 11) is 2.11. The molecule has 6 aromatic rings. The molecule has 0 N–H and O–H groups in total. The Hall–Kier alpha value is -4.82. The minimum atomic E-state index is 1.13. The smallest absolute Gasteiger partial charge is 0.0540 e. The van der Waals surface area contributed by atoms with Crippen molar-refractivity contribution >= 4 is 39.2 Å². The molecule has 0 spiro atoms. The van der Waals surface area contributed by atoms with Gasteiger partial charge in [0.1, 0.15) is 0 Å². The normalized spacial score (nSPS) is 10.9. The Morgan fingerprint density at radius 1 is 0.421 bits per heavy atom. The van der Waals surface area contributed by atoms with Gasteiger partial charge in [-0.15, -0.1) is 0 Å². The molecule has 0 radical (unpaired) electrons. The van der Waals surface area contributed by atoms with Crippen LogP contribution in [0.4, 0.5) is 28.4 Å². The molecule has 0 aromatic heterocycles. The predicted molar refractivity (Wildman–Crippen MR) is 163 cm³/mol. The zero-order valence-corrected chi connectivity index (χ0v) is 21.8. The fourth-order valence-electron chi connectivity index (χ4n) is 5.01. The van der Waals surface area contributed by atoms with E-state index in [4.69, 9.17) is 0 Å². The Balaban J connectivity index is 1.32. The molecule has 0 bridgehead atoms. The van der Waals surface area contributed by atoms with Crippen LogP contribution in [0, 0.1) is 6.92 Å². The van der Waals surface area contributed by atoms with Crippen LogP contribution in [0.3, 0.4) is 0 Å². The molecular weight excluding hydrogens is 460 g/mol. The van der Waals surface area contributed by atoms with Crippen molar-refractivity contribution in [3.05, 3.63) is 151 Å². The van der Waals surface area contributed by atoms with Crippen LogP contribution in [-0.2, 0) is 0 Å². The third-order valence-electron chi connectivity index (χ3n) is 7.16. The van der Waals surface area contributed by atoms with Crippen molar-refractivity contribution in [1.29, 1.82) is 0 Å². The largest absolute Gasteiger partial charge is 0.345 e. The van der Waals surface area contributed by atoms with Gasteiger partial charge in [0.05, 0.1) is 5.69 Å². The van der Waals surface area contributed by atoms with Gasteiger partial charge in [0.25, 0.3) is 0 Å². The van der Waals surface area contributed by atoms with E-state index in [1.807, 2.05) is 0 Å². The molecule has 0 heterocycles. The highest BCUT2D eigenvalue weighted by Gasteiger charge is 2.15. The van der Waals surface area contributed by atoms with Crippen LogP contribution >= 0.6 is 0 Å². The Bertz CT molecular complexity index is 1650. The summed E-state index contributed by atoms with van der Waals surface area (Å²) < 4.78 is 0. The summed E-state index contributed by atoms with van der Waals surface area (Å²) in [5.74, 6) is 0. The Morgan fingerprint density at radius 2 is 0.921 bits per heavy atom. The molecule has 6 aromatic carbocycles. The molecule has 0 aliphatic heterocycles. The van der Waals surface area contributed by atoms with Gasteiger partial charge in [0.2, 0.25) is 0 Å². The van der Waals surface area contributed by atoms with Gasteiger partial charge in [-0.05, 0) is 78.0 Å². The average molecular weight is 491 g/mol. The molecular formula is C36H30N2. The minimum absolute atomic E-state index is 1.13. The molecule has 0 amide bonds. The lowest BCUT2D eigenvalue weighted by Gasteiger charge is -2.27. The average Bonchev–Trinajstić information content (AvgIpc) is 2.98. The van der Waals surface area contributed by atoms with E-state index in [-0.39, 0.29) is 0 Å². The highest BCUT2D eigenvalue weighted by Crippen LogP contribution is 2.39. The van der Waals surface area contributed by atoms with E-state index in [1.54, 1.807) is 0 Å². The first-order valence-corrected chi connectivity index (χ1v) is 13.0. The summed E-state index contributed by atoms with van der Waals surface area (Å²) in [5, 5.41) is 2.47. The number of anilines is 5. The molecule has 0 unspecified atom stereocenters. The first kappa shape index (κ1) is 23.6. The summed E-state index contributed by atoms with van der Waals surface area (Å²) in [6.45, 7) is 2.12. The number of nitrogens with zero attached hydrogens (tertiary/aromatic N) is 2. The lowest BCUT2D eigenvalue weighted by atomic mass is 10.0. The second-order valence-electron chi connectivity index (χ2n) is 9.66. The van der Waals surface area contributed by atoms with Crippen LogP contribution in [-0.4, -0.2) is 7.05 Å². The van der Waals surface area contributed by atoms with E-state index in [9.17, 15) is 0 Å². The number of para-hydroxylation sites is 1. The fourth-order valence-corrected chi connectivity index (χ4v) is 5.01. The maximum atomic E-state index is 2.34. The minimum Gasteiger partial charge on any atom is -0.345 e. The van der Waals surface area contributed by atoms with Gasteiger partial charge in [-0.1, -0.05) is 96.6 Å². The number of aryl methyl sites for hydroxylation is 1. The topological polar surface area (TPSA) is 6.48 Å². The molecule has 6 rings (SSSR count). The number of fused-ring (bicyclic) bond motifs is 1. The monoisotopic (exact) mass is 490 g/mol. The van der Waals surface area contributed by atoms with E-state index in [1.165, 1.54) is 44.5 Å². The summed E-state index contributed by atoms with van der Waals surface area (Å²) in [6, 6.07) is 52.0. The Labute approximate surface area is 225 Å². The van der Waals surface area contributed by atoms with Gasteiger partial charge in [-0.25, -0.2) is 0 Å². The van der Waals surface area contributed by atoms with E-state index >= 15 is 0 Å². The van der Waals surface area contributed by atoms with Gasteiger partial charge in [0.15, 0.2) is 0 Å². The Morgan fingerprint density at radius 3 is 1.58 bits per heavy atom. The lowest BCUT2D eigenvalue weighted by molar-refractivity contribution is 1.20. The maximum absolute atomic E-state index is 2.34. The predicted octanol–water partition coefficient (Wildman–Crippen LogP) is 10.1. The van der Waals surface area contributed by atoms with Crippen LogP contribution in [0.25, 0.3) is 21.9 Å². The van der Waals surface area contributed by atoms with Gasteiger partial charge < -0.3 is 9.80 Å². The van der Waals surface area contributed by atoms with Crippen LogP contribution in [0.5, 0.6) is 0 Å². The highest BCUT2D eigenvalue weighted by atomic mass is 15.1. The molecule has 2 heteroatoms. The molecule has 0 aliphatic carbocycles. The van der Waals surface area contributed by atoms with Crippen molar-refractivity contribution in [2.45, 2.75) is 6.92 Å². The third kappa shape index (κ3) is 4.65. The first-order valence-electron chi connectivity index (χ1n) is 13.0. The molecule has 0 fully saturated rings. The molecule has 0 atom stereocenters. The standard InChI is InChI=1S/C36H30N2/c1-27-15-21-31(22-16-27)37(2)32-23-17-28(18-24-32)29-19-25-34(26-20-29)38(33-11-4-3-5-12-33)36-14-8-10-30-9-6-7-13-35(30)36/h3-26H,1-2H3. The maximum Gasteiger partial charge on any atom is 0.0540 e. The van der Waals surface area contributed by atoms with Gasteiger partial charge in [0, 0.05) is 35.2 Å². The van der Waals surface area contributed by atoms with Crippen LogP contribution in [0.15, 0.2) is 146 Å². The summed E-state index contributed by atoms with van der Waals surface area (Å²) >= 11 is 0. The Kier molecular flexibility index (Phi) is 6.37. The molecule has 0 aliphatic rings. The zero-order valence-electron chi connectivity index (χ0n) is 21.8. The fraction of sp³-hybridized carbons (Fsp3) is 0.0556. The quantitative estimate of drug-likeness (QED) is 0.229. The number of hydrogen-bond acceptors (Lipinski definition) is 2. The molecule has 184 valence electrons. The number of benzene rings is 6. The van der Waals surface area contributed by atoms with Crippen molar-refractivity contribution < 1.29 is 0 Å². The SMILES string of the molecule is Cc1ccc(N(C)c2ccc(-c3ccc(N(c4ccccc4)c4cccc5ccccc45)cc3)cc2)cc1. The second-order valence-corrected chi connectivity index (χ2v) is 9.66. The van der Waals surface area contributed by atoms with Crippen molar-refractivity contribution in [2.24, 2.45) is 0 Å². The van der Waals surface area contributed by atoms with Crippen molar-refractivity contribution in [1.82, 2.24) is 0 Å². The van der Waals surface area contributed by atoms with Crippen LogP contribution < -0.4 is 9.80 Å². The third-order valence-corrected chi connectivity index (χ3v) is 7.16. The summed E-state index contributed by atoms with van der Waals surface area (Å²) in [6.07, 6.45) is 0. The van der Waals surface area contributed by atoms with Crippen molar-refractivity contribution in [2.75, 3.05) is 16.8 Å². The molecule has 38 heavy (non-hydrogen) atoms. The second kappa shape index (κ2) is 10.3. The first-order chi connectivity index (χ1) is 18.7. The molecule has 2 nitrogen and oxygen atoms in total. The van der Waals surface area contributed by atoms with E-state index in [0.717, 1.165) is 11.4 Å². The highest BCUT2D eigenvalue weighted by molar-refractivity contribution is 5.98. The zero-order chi connectivity index (χ0) is 25.9. The van der Waals surface area contributed by atoms with Crippen LogP contribution in [0.2, 0.25) is 0 Å². The van der Waals surface area contributed by atoms with Crippen LogP contribution in [0.1, 0.15) is 5.56 Å². The summed E-state index contributed by atoms with van der Waals surface area (Å²) in [4.78, 5) is 4.56. The van der Waals surface area contributed by atoms with Crippen molar-refractivity contribution in [3.63, 3.8) is 0 Å². The van der Waals surface area contributed by atoms with Gasteiger partial charge in [-0.2, -0.15) is 0 Å². The lowest BCUT2D eigenvalue weighted by Crippen LogP contribution is -2.10.